The van der Waals surface area contributed by atoms with Gasteiger partial charge in [-0.25, -0.2) is 0 Å². The molecular weight excluding hydrogens is 503 g/mol. The summed E-state index contributed by atoms with van der Waals surface area (Å²) >= 11 is 5.96. The molecule has 0 spiro atoms. The van der Waals surface area contributed by atoms with Gasteiger partial charge in [0.25, 0.3) is 0 Å². The summed E-state index contributed by atoms with van der Waals surface area (Å²) in [5, 5.41) is 6.70. The van der Waals surface area contributed by atoms with E-state index in [2.05, 4.69) is 20.4 Å². The average molecular weight is 526 g/mol. The van der Waals surface area contributed by atoms with Gasteiger partial charge < -0.3 is 20.1 Å². The van der Waals surface area contributed by atoms with E-state index in [9.17, 15) is 8.78 Å². The summed E-state index contributed by atoms with van der Waals surface area (Å²) in [7, 11) is 3.28. The molecule has 5 nitrogen and oxygen atoms in total. The van der Waals surface area contributed by atoms with Crippen LogP contribution in [0.2, 0.25) is 5.02 Å². The van der Waals surface area contributed by atoms with Crippen molar-refractivity contribution >= 4 is 41.5 Å². The number of alkyl halides is 2. The second-order valence-electron chi connectivity index (χ2n) is 5.61. The lowest BCUT2D eigenvalue weighted by molar-refractivity contribution is -0.0504. The second-order valence-corrected chi connectivity index (χ2v) is 6.05. The molecule has 2 N–H and O–H groups in total. The summed E-state index contributed by atoms with van der Waals surface area (Å²) in [6, 6.07) is 12.4. The fraction of sp³-hybridized carbons (Fsp3) is 0.316. The van der Waals surface area contributed by atoms with Crippen molar-refractivity contribution in [2.45, 2.75) is 26.3 Å². The average Bonchev–Trinajstić information content (AvgIpc) is 2.65. The largest absolute Gasteiger partial charge is 0.434 e. The van der Waals surface area contributed by atoms with Crippen LogP contribution in [0.15, 0.2) is 47.5 Å². The molecule has 2 aromatic carbocycles. The van der Waals surface area contributed by atoms with E-state index < -0.39 is 6.61 Å². The van der Waals surface area contributed by atoms with Gasteiger partial charge in [0.15, 0.2) is 5.96 Å². The molecule has 0 heterocycles. The maximum absolute atomic E-state index is 12.6. The van der Waals surface area contributed by atoms with Crippen LogP contribution in [-0.4, -0.2) is 26.7 Å². The third kappa shape index (κ3) is 7.76. The van der Waals surface area contributed by atoms with Crippen molar-refractivity contribution < 1.29 is 18.3 Å². The van der Waals surface area contributed by atoms with Gasteiger partial charge >= 0.3 is 6.61 Å². The molecule has 0 aliphatic carbocycles. The highest BCUT2D eigenvalue weighted by atomic mass is 127. The lowest BCUT2D eigenvalue weighted by Crippen LogP contribution is -2.36. The molecule has 0 aromatic heterocycles. The zero-order chi connectivity index (χ0) is 19.6. The van der Waals surface area contributed by atoms with Crippen molar-refractivity contribution in [3.8, 4) is 5.75 Å². The number of halogens is 4. The lowest BCUT2D eigenvalue weighted by Gasteiger charge is -2.16. The van der Waals surface area contributed by atoms with Crippen LogP contribution in [0, 0.1) is 0 Å². The topological polar surface area (TPSA) is 54.9 Å². The van der Waals surface area contributed by atoms with Gasteiger partial charge in [-0.3, -0.25) is 4.99 Å². The first-order valence-electron chi connectivity index (χ1n) is 8.27. The highest BCUT2D eigenvalue weighted by Gasteiger charge is 2.11. The highest BCUT2D eigenvalue weighted by molar-refractivity contribution is 14.0. The Labute approximate surface area is 185 Å². The Morgan fingerprint density at radius 3 is 2.32 bits per heavy atom. The van der Waals surface area contributed by atoms with Crippen LogP contribution in [0.4, 0.5) is 8.78 Å². The van der Waals surface area contributed by atoms with E-state index in [0.717, 1.165) is 11.1 Å². The number of aliphatic imine (C=N–C) groups is 1. The van der Waals surface area contributed by atoms with E-state index in [0.29, 0.717) is 29.7 Å². The normalized spacial score (nSPS) is 11.1. The minimum absolute atomic E-state index is 0. The number of methoxy groups -OCH3 is 1. The van der Waals surface area contributed by atoms with Crippen LogP contribution in [0.1, 0.15) is 16.7 Å². The molecular formula is C19H23ClF2IN3O2. The molecule has 2 rings (SSSR count). The van der Waals surface area contributed by atoms with Crippen molar-refractivity contribution in [1.82, 2.24) is 10.6 Å². The van der Waals surface area contributed by atoms with E-state index >= 15 is 0 Å². The molecule has 0 saturated carbocycles. The molecule has 0 unspecified atom stereocenters. The Bertz CT molecular complexity index is 779. The monoisotopic (exact) mass is 525 g/mol. The molecule has 2 aromatic rings. The van der Waals surface area contributed by atoms with Crippen molar-refractivity contribution in [2.75, 3.05) is 14.2 Å². The van der Waals surface area contributed by atoms with Crippen LogP contribution >= 0.6 is 35.6 Å². The third-order valence-corrected chi connectivity index (χ3v) is 4.01. The molecule has 0 atom stereocenters. The van der Waals surface area contributed by atoms with Crippen molar-refractivity contribution in [2.24, 2.45) is 4.99 Å². The molecule has 9 heteroatoms. The minimum atomic E-state index is -2.90. The van der Waals surface area contributed by atoms with Crippen molar-refractivity contribution in [3.63, 3.8) is 0 Å². The summed E-state index contributed by atoms with van der Waals surface area (Å²) in [6.45, 7) is -1.63. The van der Waals surface area contributed by atoms with Crippen LogP contribution < -0.4 is 15.4 Å². The Morgan fingerprint density at radius 1 is 1.07 bits per heavy atom. The Morgan fingerprint density at radius 2 is 1.71 bits per heavy atom. The number of hydrogen-bond donors (Lipinski definition) is 2. The number of nitrogens with zero attached hydrogens (tertiary/aromatic N) is 1. The molecule has 0 saturated heterocycles. The van der Waals surface area contributed by atoms with E-state index in [1.54, 1.807) is 20.2 Å². The number of hydrogen-bond acceptors (Lipinski definition) is 3. The Balaban J connectivity index is 0.00000392. The molecule has 0 aliphatic heterocycles. The molecule has 0 aliphatic rings. The summed E-state index contributed by atoms with van der Waals surface area (Å²) in [5.41, 5.74) is 2.66. The Kier molecular flexibility index (Phi) is 11.1. The quantitative estimate of drug-likeness (QED) is 0.301. The zero-order valence-electron chi connectivity index (χ0n) is 15.5. The van der Waals surface area contributed by atoms with Gasteiger partial charge in [0, 0.05) is 37.8 Å². The first-order chi connectivity index (χ1) is 13.0. The maximum Gasteiger partial charge on any atom is 0.387 e. The summed E-state index contributed by atoms with van der Waals surface area (Å²) in [6.07, 6.45) is 0. The van der Waals surface area contributed by atoms with Crippen molar-refractivity contribution in [3.05, 3.63) is 64.2 Å². The van der Waals surface area contributed by atoms with E-state index in [1.165, 1.54) is 12.1 Å². The third-order valence-electron chi connectivity index (χ3n) is 3.77. The molecule has 28 heavy (non-hydrogen) atoms. The fourth-order valence-electron chi connectivity index (χ4n) is 2.50. The predicted octanol–water partition coefficient (Wildman–Crippen LogP) is 4.57. The molecule has 0 radical (unpaired) electrons. The standard InChI is InChI=1S/C19H22ClF2N3O2.HI/c1-23-19(24-10-13-5-3-4-6-14(13)12-26-2)25-11-15-9-16(20)7-8-17(15)27-18(21)22;/h3-9,18H,10-12H2,1-2H3,(H2,23,24,25);1H. The molecule has 0 amide bonds. The van der Waals surface area contributed by atoms with Crippen LogP contribution in [0.5, 0.6) is 5.75 Å². The molecule has 0 bridgehead atoms. The Hall–Kier alpha value is -1.65. The number of benzene rings is 2. The first kappa shape index (κ1) is 24.4. The van der Waals surface area contributed by atoms with Crippen molar-refractivity contribution in [1.29, 1.82) is 0 Å². The van der Waals surface area contributed by atoms with Crippen LogP contribution in [-0.2, 0) is 24.4 Å². The number of nitrogens with one attached hydrogen (secondary N) is 2. The summed E-state index contributed by atoms with van der Waals surface area (Å²) in [4.78, 5) is 4.15. The van der Waals surface area contributed by atoms with Gasteiger partial charge in [0.05, 0.1) is 6.61 Å². The smallest absolute Gasteiger partial charge is 0.387 e. The predicted molar refractivity (Wildman–Crippen MR) is 118 cm³/mol. The summed E-state index contributed by atoms with van der Waals surface area (Å²) in [5.74, 6) is 0.591. The van der Waals surface area contributed by atoms with Gasteiger partial charge in [-0.15, -0.1) is 24.0 Å². The lowest BCUT2D eigenvalue weighted by atomic mass is 10.1. The number of ether oxygens (including phenoxy) is 2. The van der Waals surface area contributed by atoms with Crippen LogP contribution in [0.25, 0.3) is 0 Å². The fourth-order valence-corrected chi connectivity index (χ4v) is 2.70. The van der Waals surface area contributed by atoms with Gasteiger partial charge in [0.1, 0.15) is 5.75 Å². The van der Waals surface area contributed by atoms with Gasteiger partial charge in [-0.2, -0.15) is 8.78 Å². The first-order valence-corrected chi connectivity index (χ1v) is 8.64. The van der Waals surface area contributed by atoms with E-state index in [-0.39, 0.29) is 36.3 Å². The molecule has 0 fully saturated rings. The van der Waals surface area contributed by atoms with Gasteiger partial charge in [-0.05, 0) is 29.3 Å². The van der Waals surface area contributed by atoms with E-state index in [1.807, 2.05) is 24.3 Å². The number of rotatable bonds is 8. The zero-order valence-corrected chi connectivity index (χ0v) is 18.6. The molecule has 154 valence electrons. The SMILES string of the molecule is CN=C(NCc1ccccc1COC)NCc1cc(Cl)ccc1OC(F)F.I. The number of guanidine groups is 1. The van der Waals surface area contributed by atoms with E-state index in [4.69, 9.17) is 16.3 Å². The maximum atomic E-state index is 12.6. The minimum Gasteiger partial charge on any atom is -0.434 e. The summed E-state index contributed by atoms with van der Waals surface area (Å²) < 4.78 is 34.8. The van der Waals surface area contributed by atoms with Gasteiger partial charge in [-0.1, -0.05) is 35.9 Å². The van der Waals surface area contributed by atoms with Crippen LogP contribution in [0.3, 0.4) is 0 Å². The van der Waals surface area contributed by atoms with Gasteiger partial charge in [0.2, 0.25) is 0 Å². The highest BCUT2D eigenvalue weighted by Crippen LogP contribution is 2.24. The second kappa shape index (κ2) is 12.7.